The first-order valence-electron chi connectivity index (χ1n) is 8.46. The number of morpholine rings is 1. The van der Waals surface area contributed by atoms with Crippen LogP contribution in [0, 0.1) is 0 Å². The highest BCUT2D eigenvalue weighted by atomic mass is 35.5. The van der Waals surface area contributed by atoms with Crippen LogP contribution in [0.1, 0.15) is 0 Å². The highest BCUT2D eigenvalue weighted by molar-refractivity contribution is 6.31. The van der Waals surface area contributed by atoms with Crippen LogP contribution in [0.25, 0.3) is 0 Å². The van der Waals surface area contributed by atoms with Crippen LogP contribution in [0.15, 0.2) is 42.5 Å². The summed E-state index contributed by atoms with van der Waals surface area (Å²) in [5.41, 5.74) is 2.58. The number of halogens is 1. The Morgan fingerprint density at radius 2 is 1.92 bits per heavy atom. The molecule has 1 saturated heterocycles. The van der Waals surface area contributed by atoms with Gasteiger partial charge in [-0.2, -0.15) is 0 Å². The maximum absolute atomic E-state index is 12.2. The lowest BCUT2D eigenvalue weighted by molar-refractivity contribution is -0.114. The molecule has 0 atom stereocenters. The van der Waals surface area contributed by atoms with E-state index in [1.807, 2.05) is 18.2 Å². The van der Waals surface area contributed by atoms with E-state index in [1.165, 1.54) is 0 Å². The summed E-state index contributed by atoms with van der Waals surface area (Å²) in [6.07, 6.45) is 0. The summed E-state index contributed by atoms with van der Waals surface area (Å²) < 4.78 is 10.5. The van der Waals surface area contributed by atoms with E-state index in [0.29, 0.717) is 18.2 Å². The van der Waals surface area contributed by atoms with Gasteiger partial charge in [0.15, 0.2) is 0 Å². The molecule has 0 saturated carbocycles. The lowest BCUT2D eigenvalue weighted by atomic mass is 10.2. The molecule has 2 N–H and O–H groups in total. The Bertz CT molecular complexity index is 746. The maximum Gasteiger partial charge on any atom is 0.243 e. The second-order valence-corrected chi connectivity index (χ2v) is 6.33. The van der Waals surface area contributed by atoms with Gasteiger partial charge < -0.3 is 25.0 Å². The van der Waals surface area contributed by atoms with Crippen LogP contribution in [0.5, 0.6) is 5.75 Å². The smallest absolute Gasteiger partial charge is 0.243 e. The van der Waals surface area contributed by atoms with Crippen molar-refractivity contribution in [3.05, 3.63) is 47.5 Å². The zero-order valence-corrected chi connectivity index (χ0v) is 15.4. The Balaban J connectivity index is 1.62. The van der Waals surface area contributed by atoms with Crippen LogP contribution in [0.2, 0.25) is 5.02 Å². The molecule has 0 bridgehead atoms. The number of carbonyl (C=O) groups is 1. The van der Waals surface area contributed by atoms with E-state index in [1.54, 1.807) is 31.4 Å². The summed E-state index contributed by atoms with van der Waals surface area (Å²) in [6, 6.07) is 12.9. The molecular weight excluding hydrogens is 354 g/mol. The van der Waals surface area contributed by atoms with Gasteiger partial charge in [0.1, 0.15) is 5.75 Å². The zero-order chi connectivity index (χ0) is 18.4. The average molecular weight is 376 g/mol. The molecule has 1 heterocycles. The second-order valence-electron chi connectivity index (χ2n) is 5.89. The molecule has 1 aliphatic heterocycles. The van der Waals surface area contributed by atoms with Crippen LogP contribution < -0.4 is 20.3 Å². The van der Waals surface area contributed by atoms with Crippen LogP contribution >= 0.6 is 11.6 Å². The molecule has 26 heavy (non-hydrogen) atoms. The third-order valence-corrected chi connectivity index (χ3v) is 4.36. The van der Waals surface area contributed by atoms with Crippen molar-refractivity contribution in [2.45, 2.75) is 0 Å². The minimum Gasteiger partial charge on any atom is -0.497 e. The highest BCUT2D eigenvalue weighted by Gasteiger charge is 2.15. The number of amides is 1. The number of nitrogens with zero attached hydrogens (tertiary/aromatic N) is 1. The van der Waals surface area contributed by atoms with Crippen LogP contribution in [0.3, 0.4) is 0 Å². The summed E-state index contributed by atoms with van der Waals surface area (Å²) in [5.74, 6) is 0.610. The van der Waals surface area contributed by atoms with Gasteiger partial charge in [-0.3, -0.25) is 4.79 Å². The number of nitrogens with one attached hydrogen (secondary N) is 2. The van der Waals surface area contributed by atoms with Gasteiger partial charge in [-0.05, 0) is 42.5 Å². The molecule has 1 amide bonds. The van der Waals surface area contributed by atoms with Crippen molar-refractivity contribution in [3.63, 3.8) is 0 Å². The normalized spacial score (nSPS) is 14.0. The Labute approximate surface area is 158 Å². The lowest BCUT2D eigenvalue weighted by Gasteiger charge is -2.30. The first kappa shape index (κ1) is 18.4. The van der Waals surface area contributed by atoms with Crippen molar-refractivity contribution in [2.75, 3.05) is 55.5 Å². The number of hydrogen-bond acceptors (Lipinski definition) is 5. The van der Waals surface area contributed by atoms with E-state index in [-0.39, 0.29) is 12.5 Å². The van der Waals surface area contributed by atoms with Crippen molar-refractivity contribution >= 4 is 34.6 Å². The topological polar surface area (TPSA) is 62.8 Å². The molecular formula is C19H22ClN3O3. The van der Waals surface area contributed by atoms with Gasteiger partial charge in [0.05, 0.1) is 38.2 Å². The van der Waals surface area contributed by atoms with E-state index in [9.17, 15) is 4.79 Å². The van der Waals surface area contributed by atoms with Gasteiger partial charge in [0.25, 0.3) is 0 Å². The third kappa shape index (κ3) is 4.80. The molecule has 3 rings (SSSR count). The van der Waals surface area contributed by atoms with Gasteiger partial charge in [-0.1, -0.05) is 11.6 Å². The van der Waals surface area contributed by atoms with Crippen LogP contribution in [-0.2, 0) is 9.53 Å². The monoisotopic (exact) mass is 375 g/mol. The SMILES string of the molecule is COc1ccc(NC(=O)CNc2cc(Cl)ccc2N2CCOCC2)cc1. The van der Waals surface area contributed by atoms with E-state index in [4.69, 9.17) is 21.1 Å². The Kier molecular flexibility index (Phi) is 6.20. The Morgan fingerprint density at radius 1 is 1.19 bits per heavy atom. The van der Waals surface area contributed by atoms with E-state index < -0.39 is 0 Å². The van der Waals surface area contributed by atoms with Crippen LogP contribution in [0.4, 0.5) is 17.1 Å². The number of anilines is 3. The fourth-order valence-corrected chi connectivity index (χ4v) is 2.96. The van der Waals surface area contributed by atoms with Crippen molar-refractivity contribution in [1.82, 2.24) is 0 Å². The van der Waals surface area contributed by atoms with Gasteiger partial charge >= 0.3 is 0 Å². The molecule has 0 aromatic heterocycles. The lowest BCUT2D eigenvalue weighted by Crippen LogP contribution is -2.36. The molecule has 1 fully saturated rings. The summed E-state index contributed by atoms with van der Waals surface area (Å²) >= 11 is 6.13. The van der Waals surface area contributed by atoms with Crippen molar-refractivity contribution in [3.8, 4) is 5.75 Å². The minimum atomic E-state index is -0.136. The first-order valence-corrected chi connectivity index (χ1v) is 8.83. The molecule has 2 aromatic carbocycles. The van der Waals surface area contributed by atoms with Gasteiger partial charge in [0, 0.05) is 23.8 Å². The third-order valence-electron chi connectivity index (χ3n) is 4.12. The fraction of sp³-hybridized carbons (Fsp3) is 0.316. The number of benzene rings is 2. The summed E-state index contributed by atoms with van der Waals surface area (Å²) in [6.45, 7) is 3.16. The Morgan fingerprint density at radius 3 is 2.62 bits per heavy atom. The van der Waals surface area contributed by atoms with E-state index in [2.05, 4.69) is 15.5 Å². The molecule has 0 spiro atoms. The van der Waals surface area contributed by atoms with E-state index >= 15 is 0 Å². The van der Waals surface area contributed by atoms with Gasteiger partial charge in [-0.25, -0.2) is 0 Å². The molecule has 7 heteroatoms. The number of hydrogen-bond donors (Lipinski definition) is 2. The molecule has 138 valence electrons. The van der Waals surface area contributed by atoms with Gasteiger partial charge in [-0.15, -0.1) is 0 Å². The quantitative estimate of drug-likeness (QED) is 0.811. The number of methoxy groups -OCH3 is 1. The summed E-state index contributed by atoms with van der Waals surface area (Å²) in [5, 5.41) is 6.67. The van der Waals surface area contributed by atoms with Gasteiger partial charge in [0.2, 0.25) is 5.91 Å². The number of ether oxygens (including phenoxy) is 2. The van der Waals surface area contributed by atoms with Crippen molar-refractivity contribution in [1.29, 1.82) is 0 Å². The zero-order valence-electron chi connectivity index (χ0n) is 14.6. The average Bonchev–Trinajstić information content (AvgIpc) is 2.68. The summed E-state index contributed by atoms with van der Waals surface area (Å²) in [4.78, 5) is 14.5. The first-order chi connectivity index (χ1) is 12.7. The largest absolute Gasteiger partial charge is 0.497 e. The Hall–Kier alpha value is -2.44. The fourth-order valence-electron chi connectivity index (χ4n) is 2.78. The molecule has 1 aliphatic rings. The predicted molar refractivity (Wildman–Crippen MR) is 105 cm³/mol. The molecule has 2 aromatic rings. The van der Waals surface area contributed by atoms with Crippen molar-refractivity contribution < 1.29 is 14.3 Å². The molecule has 0 aliphatic carbocycles. The molecule has 6 nitrogen and oxygen atoms in total. The molecule has 0 radical (unpaired) electrons. The summed E-state index contributed by atoms with van der Waals surface area (Å²) in [7, 11) is 1.61. The minimum absolute atomic E-state index is 0.136. The maximum atomic E-state index is 12.2. The van der Waals surface area contributed by atoms with Crippen LogP contribution in [-0.4, -0.2) is 45.9 Å². The highest BCUT2D eigenvalue weighted by Crippen LogP contribution is 2.29. The number of carbonyl (C=O) groups excluding carboxylic acids is 1. The predicted octanol–water partition coefficient (Wildman–Crippen LogP) is 3.24. The van der Waals surface area contributed by atoms with E-state index in [0.717, 1.165) is 35.9 Å². The second kappa shape index (κ2) is 8.78. The molecule has 0 unspecified atom stereocenters. The number of rotatable bonds is 6. The standard InChI is InChI=1S/C19H22ClN3O3/c1-25-16-5-3-15(4-6-16)22-19(24)13-21-17-12-14(20)2-7-18(17)23-8-10-26-11-9-23/h2-7,12,21H,8-11,13H2,1H3,(H,22,24). The van der Waals surface area contributed by atoms with Crippen molar-refractivity contribution in [2.24, 2.45) is 0 Å².